The summed E-state index contributed by atoms with van der Waals surface area (Å²) >= 11 is 0. The van der Waals surface area contributed by atoms with Gasteiger partial charge in [0.1, 0.15) is 11.5 Å². The van der Waals surface area contributed by atoms with Crippen LogP contribution in [0.1, 0.15) is 104 Å². The highest BCUT2D eigenvalue weighted by molar-refractivity contribution is 7.85. The second-order valence-corrected chi connectivity index (χ2v) is 12.1. The molecule has 9 nitrogen and oxygen atoms in total. The zero-order valence-corrected chi connectivity index (χ0v) is 23.4. The van der Waals surface area contributed by atoms with E-state index in [-0.39, 0.29) is 36.8 Å². The van der Waals surface area contributed by atoms with E-state index < -0.39 is 39.6 Å². The van der Waals surface area contributed by atoms with Crippen molar-refractivity contribution in [3.05, 3.63) is 0 Å². The van der Waals surface area contributed by atoms with Crippen LogP contribution in [0.5, 0.6) is 0 Å². The van der Waals surface area contributed by atoms with E-state index in [0.29, 0.717) is 6.54 Å². The fourth-order valence-electron chi connectivity index (χ4n) is 5.07. The van der Waals surface area contributed by atoms with Crippen LogP contribution in [0, 0.1) is 0 Å². The van der Waals surface area contributed by atoms with Crippen LogP contribution in [0.4, 0.5) is 0 Å². The zero-order valence-electron chi connectivity index (χ0n) is 22.6. The third-order valence-electron chi connectivity index (χ3n) is 7.84. The van der Waals surface area contributed by atoms with Gasteiger partial charge in [-0.2, -0.15) is 8.42 Å². The average molecular weight is 525 g/mol. The summed E-state index contributed by atoms with van der Waals surface area (Å²) in [6.45, 7) is 4.11. The molecule has 0 radical (unpaired) electrons. The first-order chi connectivity index (χ1) is 16.3. The number of hydrogen-bond donors (Lipinski definition) is 4. The minimum absolute atomic E-state index is 0.0951. The van der Waals surface area contributed by atoms with Crippen molar-refractivity contribution in [1.29, 1.82) is 0 Å². The summed E-state index contributed by atoms with van der Waals surface area (Å²) < 4.78 is 31.4. The summed E-state index contributed by atoms with van der Waals surface area (Å²) in [7, 11) is -0.833. The highest BCUT2D eigenvalue weighted by Crippen LogP contribution is 2.38. The number of unbranched alkanes of at least 4 members (excludes halogenated alkanes) is 9. The smallest absolute Gasteiger partial charge is 0.264 e. The lowest BCUT2D eigenvalue weighted by Gasteiger charge is -2.58. The van der Waals surface area contributed by atoms with Crippen LogP contribution in [-0.4, -0.2) is 84.4 Å². The van der Waals surface area contributed by atoms with Gasteiger partial charge in [0.15, 0.2) is 5.66 Å². The molecule has 0 amide bonds. The Labute approximate surface area is 213 Å². The first-order valence-electron chi connectivity index (χ1n) is 13.3. The van der Waals surface area contributed by atoms with Gasteiger partial charge in [-0.3, -0.25) is 9.87 Å². The van der Waals surface area contributed by atoms with Gasteiger partial charge in [-0.25, -0.2) is 0 Å². The monoisotopic (exact) mass is 524 g/mol. The molecule has 0 aromatic carbocycles. The van der Waals surface area contributed by atoms with Crippen LogP contribution in [-0.2, 0) is 14.9 Å². The number of rotatable bonds is 23. The van der Waals surface area contributed by atoms with Crippen LogP contribution in [0.2, 0.25) is 0 Å². The maximum absolute atomic E-state index is 12.5. The Morgan fingerprint density at radius 1 is 0.857 bits per heavy atom. The van der Waals surface area contributed by atoms with E-state index in [0.717, 1.165) is 19.3 Å². The fourth-order valence-corrected chi connectivity index (χ4v) is 5.58. The largest absolute Gasteiger partial charge is 0.544 e. The molecule has 0 aliphatic carbocycles. The number of nitrogens with one attached hydrogen (secondary N) is 1. The molecule has 210 valence electrons. The lowest BCUT2D eigenvalue weighted by molar-refractivity contribution is -0.984. The second-order valence-electron chi connectivity index (χ2n) is 10.5. The summed E-state index contributed by atoms with van der Waals surface area (Å²) in [6, 6.07) is 0. The molecule has 0 aromatic heterocycles. The van der Waals surface area contributed by atoms with Crippen molar-refractivity contribution in [2.24, 2.45) is 0 Å². The summed E-state index contributed by atoms with van der Waals surface area (Å²) in [5, 5.41) is 35.4. The van der Waals surface area contributed by atoms with Gasteiger partial charge >= 0.3 is 0 Å². The van der Waals surface area contributed by atoms with Gasteiger partial charge in [0, 0.05) is 39.3 Å². The molecule has 0 aliphatic heterocycles. The third-order valence-corrected chi connectivity index (χ3v) is 8.64. The predicted molar refractivity (Wildman–Crippen MR) is 137 cm³/mol. The van der Waals surface area contributed by atoms with E-state index in [1.54, 1.807) is 14.1 Å². The predicted octanol–water partition coefficient (Wildman–Crippen LogP) is 2.21. The molecule has 0 rings (SSSR count). The molecule has 0 heterocycles. The van der Waals surface area contributed by atoms with E-state index in [2.05, 4.69) is 12.2 Å². The molecule has 4 N–H and O–H groups in total. The summed E-state index contributed by atoms with van der Waals surface area (Å²) in [6.07, 6.45) is 12.0. The minimum atomic E-state index is -4.25. The molecular weight excluding hydrogens is 472 g/mol. The molecule has 2 atom stereocenters. The number of aliphatic hydroxyl groups is 2. The van der Waals surface area contributed by atoms with Crippen molar-refractivity contribution in [3.8, 4) is 0 Å². The number of likely N-dealkylation sites (N-methyl/N-ethyl adjacent to an activating group) is 1. The number of aliphatic carboxylic acids is 1. The SMILES string of the molecule is CCCCCCCCCCCCNC(C)(CCO)[N+](C)(C)C(CCO)(CCCS(=O)(=O)O)C(=O)[O-]. The molecule has 0 aromatic rings. The van der Waals surface area contributed by atoms with Gasteiger partial charge in [0.05, 0.1) is 26.5 Å². The zero-order chi connectivity index (χ0) is 27.0. The lowest BCUT2D eigenvalue weighted by Crippen LogP contribution is -2.79. The van der Waals surface area contributed by atoms with Crippen LogP contribution in [0.3, 0.4) is 0 Å². The van der Waals surface area contributed by atoms with Crippen molar-refractivity contribution in [2.75, 3.05) is 39.6 Å². The van der Waals surface area contributed by atoms with E-state index in [4.69, 9.17) is 4.55 Å². The molecule has 10 heteroatoms. The van der Waals surface area contributed by atoms with Gasteiger partial charge in [-0.05, 0) is 12.8 Å². The number of aliphatic hydroxyl groups excluding tert-OH is 2. The Kier molecular flexibility index (Phi) is 16.5. The topological polar surface area (TPSA) is 147 Å². The lowest BCUT2D eigenvalue weighted by atomic mass is 9.82. The Morgan fingerprint density at radius 2 is 1.34 bits per heavy atom. The molecule has 0 saturated heterocycles. The number of nitrogens with zero attached hydrogens (tertiary/aromatic N) is 1. The van der Waals surface area contributed by atoms with Crippen molar-refractivity contribution in [2.45, 2.75) is 115 Å². The third kappa shape index (κ3) is 11.4. The van der Waals surface area contributed by atoms with E-state index in [1.165, 1.54) is 44.9 Å². The van der Waals surface area contributed by atoms with Crippen LogP contribution >= 0.6 is 0 Å². The highest BCUT2D eigenvalue weighted by Gasteiger charge is 2.55. The summed E-state index contributed by atoms with van der Waals surface area (Å²) in [5.41, 5.74) is -2.49. The normalized spacial score (nSPS) is 16.1. The van der Waals surface area contributed by atoms with Crippen LogP contribution in [0.15, 0.2) is 0 Å². The van der Waals surface area contributed by atoms with Gasteiger partial charge in [0.2, 0.25) is 0 Å². The number of carbonyl (C=O) groups excluding carboxylic acids is 1. The summed E-state index contributed by atoms with van der Waals surface area (Å²) in [5.74, 6) is -1.97. The molecule has 2 unspecified atom stereocenters. The van der Waals surface area contributed by atoms with Crippen LogP contribution in [0.25, 0.3) is 0 Å². The van der Waals surface area contributed by atoms with Gasteiger partial charge in [0.25, 0.3) is 10.1 Å². The number of quaternary nitrogens is 1. The standard InChI is InChI=1S/C25H52N2O7S/c1-5-6-7-8-9-10-11-12-13-14-19-26-24(2,17-20-28)27(3,4)25(18-21-29,23(30)31)16-15-22-35(32,33)34/h26,28-29H,5-22H2,1-4H3,(H-,30,31,32,33,34). The maximum atomic E-state index is 12.5. The fraction of sp³-hybridized carbons (Fsp3) is 0.960. The number of carboxylic acid groups (broad SMARTS) is 1. The van der Waals surface area contributed by atoms with Gasteiger partial charge < -0.3 is 24.6 Å². The first kappa shape index (κ1) is 34.2. The molecule has 0 saturated carbocycles. The Bertz CT molecular complexity index is 687. The van der Waals surface area contributed by atoms with Crippen molar-refractivity contribution in [3.63, 3.8) is 0 Å². The first-order valence-corrected chi connectivity index (χ1v) is 14.9. The molecule has 0 fully saturated rings. The highest BCUT2D eigenvalue weighted by atomic mass is 32.2. The maximum Gasteiger partial charge on any atom is 0.264 e. The van der Waals surface area contributed by atoms with E-state index in [9.17, 15) is 28.5 Å². The number of carboxylic acids is 1. The quantitative estimate of drug-likeness (QED) is 0.0688. The number of carbonyl (C=O) groups is 1. The summed E-state index contributed by atoms with van der Waals surface area (Å²) in [4.78, 5) is 12.5. The van der Waals surface area contributed by atoms with Crippen LogP contribution < -0.4 is 10.4 Å². The Balaban J connectivity index is 5.18. The van der Waals surface area contributed by atoms with E-state index in [1.807, 2.05) is 6.92 Å². The van der Waals surface area contributed by atoms with Crippen molar-refractivity contribution >= 4 is 16.1 Å². The second kappa shape index (κ2) is 16.9. The number of hydrogen-bond acceptors (Lipinski definition) is 7. The average Bonchev–Trinajstić information content (AvgIpc) is 2.75. The Hall–Kier alpha value is -0.780. The minimum Gasteiger partial charge on any atom is -0.544 e. The molecule has 0 spiro atoms. The molecule has 0 aliphatic rings. The Morgan fingerprint density at radius 3 is 1.77 bits per heavy atom. The van der Waals surface area contributed by atoms with E-state index >= 15 is 0 Å². The van der Waals surface area contributed by atoms with Crippen molar-refractivity contribution < 1.29 is 37.6 Å². The van der Waals surface area contributed by atoms with Gasteiger partial charge in [-0.1, -0.05) is 64.7 Å². The van der Waals surface area contributed by atoms with Crippen molar-refractivity contribution in [1.82, 2.24) is 5.32 Å². The molecular formula is C25H52N2O7S. The molecule has 0 bridgehead atoms. The van der Waals surface area contributed by atoms with Gasteiger partial charge in [-0.15, -0.1) is 0 Å². The molecule has 35 heavy (non-hydrogen) atoms.